The van der Waals surface area contributed by atoms with Crippen molar-refractivity contribution >= 4 is 17.4 Å². The summed E-state index contributed by atoms with van der Waals surface area (Å²) in [4.78, 5) is 21.2. The van der Waals surface area contributed by atoms with E-state index in [1.807, 2.05) is 17.0 Å². The van der Waals surface area contributed by atoms with Gasteiger partial charge in [-0.25, -0.2) is 9.37 Å². The van der Waals surface area contributed by atoms with Crippen LogP contribution in [0.15, 0.2) is 42.5 Å². The fraction of sp³-hybridized carbons (Fsp3) is 0.368. The summed E-state index contributed by atoms with van der Waals surface area (Å²) in [7, 11) is 0. The van der Waals surface area contributed by atoms with Gasteiger partial charge in [0.15, 0.2) is 0 Å². The first-order valence-electron chi connectivity index (χ1n) is 8.72. The highest BCUT2D eigenvalue weighted by Crippen LogP contribution is 2.24. The minimum Gasteiger partial charge on any atom is -0.368 e. The fourth-order valence-electron chi connectivity index (χ4n) is 3.05. The normalized spacial score (nSPS) is 17.5. The molecule has 0 atom stereocenters. The maximum absolute atomic E-state index is 13.0. The lowest BCUT2D eigenvalue weighted by atomic mass is 10.2. The number of rotatable bonds is 4. The first-order chi connectivity index (χ1) is 12.2. The van der Waals surface area contributed by atoms with Crippen molar-refractivity contribution < 1.29 is 9.18 Å². The van der Waals surface area contributed by atoms with Crippen LogP contribution < -0.4 is 10.2 Å². The SMILES string of the molecule is O=C(c1cccc(NC2CC2)n1)N1CCN(c2ccc(F)cc2)CC1. The zero-order valence-electron chi connectivity index (χ0n) is 14.0. The fourth-order valence-corrected chi connectivity index (χ4v) is 3.05. The lowest BCUT2D eigenvalue weighted by Gasteiger charge is -2.36. The number of carbonyl (C=O) groups excluding carboxylic acids is 1. The number of aromatic nitrogens is 1. The molecule has 2 heterocycles. The highest BCUT2D eigenvalue weighted by Gasteiger charge is 2.24. The molecule has 2 aromatic rings. The van der Waals surface area contributed by atoms with Crippen molar-refractivity contribution in [3.8, 4) is 0 Å². The molecule has 2 fully saturated rings. The van der Waals surface area contributed by atoms with E-state index in [1.54, 1.807) is 18.2 Å². The molecule has 0 unspecified atom stereocenters. The Bertz CT molecular complexity index is 752. The van der Waals surface area contributed by atoms with Crippen molar-refractivity contribution in [1.29, 1.82) is 0 Å². The molecule has 6 heteroatoms. The first kappa shape index (κ1) is 15.9. The summed E-state index contributed by atoms with van der Waals surface area (Å²) in [5.74, 6) is 0.514. The monoisotopic (exact) mass is 340 g/mol. The molecule has 1 aromatic heterocycles. The predicted octanol–water partition coefficient (Wildman–Crippen LogP) is 2.76. The van der Waals surface area contributed by atoms with Crippen LogP contribution in [-0.4, -0.2) is 48.0 Å². The number of piperazine rings is 1. The molecule has 1 N–H and O–H groups in total. The van der Waals surface area contributed by atoms with Crippen molar-refractivity contribution in [2.45, 2.75) is 18.9 Å². The molecular weight excluding hydrogens is 319 g/mol. The quantitative estimate of drug-likeness (QED) is 0.930. The summed E-state index contributed by atoms with van der Waals surface area (Å²) >= 11 is 0. The molecular formula is C19H21FN4O. The smallest absolute Gasteiger partial charge is 0.272 e. The number of amides is 1. The highest BCUT2D eigenvalue weighted by molar-refractivity contribution is 5.92. The van der Waals surface area contributed by atoms with Gasteiger partial charge in [0.25, 0.3) is 5.91 Å². The third kappa shape index (κ3) is 3.73. The summed E-state index contributed by atoms with van der Waals surface area (Å²) in [5, 5.41) is 3.33. The van der Waals surface area contributed by atoms with Gasteiger partial charge in [0.05, 0.1) is 0 Å². The van der Waals surface area contributed by atoms with Crippen LogP contribution in [0.4, 0.5) is 15.9 Å². The number of pyridine rings is 1. The lowest BCUT2D eigenvalue weighted by molar-refractivity contribution is 0.0741. The molecule has 1 aromatic carbocycles. The van der Waals surface area contributed by atoms with E-state index in [9.17, 15) is 9.18 Å². The topological polar surface area (TPSA) is 48.5 Å². The molecule has 0 spiro atoms. The average Bonchev–Trinajstić information content (AvgIpc) is 3.46. The Balaban J connectivity index is 1.38. The minimum absolute atomic E-state index is 0.0294. The van der Waals surface area contributed by atoms with Crippen LogP contribution in [0.2, 0.25) is 0 Å². The summed E-state index contributed by atoms with van der Waals surface area (Å²) < 4.78 is 13.0. The second-order valence-electron chi connectivity index (χ2n) is 6.58. The molecule has 0 bridgehead atoms. The van der Waals surface area contributed by atoms with E-state index < -0.39 is 0 Å². The van der Waals surface area contributed by atoms with Crippen LogP contribution >= 0.6 is 0 Å². The Labute approximate surface area is 146 Å². The Hall–Kier alpha value is -2.63. The average molecular weight is 340 g/mol. The number of nitrogens with one attached hydrogen (secondary N) is 1. The Kier molecular flexibility index (Phi) is 4.26. The van der Waals surface area contributed by atoms with E-state index in [2.05, 4.69) is 15.2 Å². The van der Waals surface area contributed by atoms with Crippen LogP contribution in [0.1, 0.15) is 23.3 Å². The molecule has 1 saturated carbocycles. The molecule has 1 saturated heterocycles. The van der Waals surface area contributed by atoms with Gasteiger partial charge in [0, 0.05) is 37.9 Å². The van der Waals surface area contributed by atoms with Crippen LogP contribution in [-0.2, 0) is 0 Å². The summed E-state index contributed by atoms with van der Waals surface area (Å²) in [6.07, 6.45) is 2.34. The van der Waals surface area contributed by atoms with Gasteiger partial charge in [0.1, 0.15) is 17.3 Å². The van der Waals surface area contributed by atoms with E-state index in [1.165, 1.54) is 25.0 Å². The van der Waals surface area contributed by atoms with Gasteiger partial charge in [-0.3, -0.25) is 4.79 Å². The largest absolute Gasteiger partial charge is 0.368 e. The maximum atomic E-state index is 13.0. The van der Waals surface area contributed by atoms with Gasteiger partial charge in [-0.2, -0.15) is 0 Å². The van der Waals surface area contributed by atoms with Gasteiger partial charge >= 0.3 is 0 Å². The molecule has 1 aliphatic carbocycles. The van der Waals surface area contributed by atoms with Gasteiger partial charge < -0.3 is 15.1 Å². The molecule has 0 radical (unpaired) electrons. The van der Waals surface area contributed by atoms with Crippen LogP contribution in [0, 0.1) is 5.82 Å². The van der Waals surface area contributed by atoms with E-state index >= 15 is 0 Å². The van der Waals surface area contributed by atoms with Crippen LogP contribution in [0.5, 0.6) is 0 Å². The molecule has 2 aliphatic rings. The Morgan fingerprint density at radius 3 is 2.44 bits per heavy atom. The Morgan fingerprint density at radius 1 is 1.04 bits per heavy atom. The van der Waals surface area contributed by atoms with Gasteiger partial charge in [0.2, 0.25) is 0 Å². The number of halogens is 1. The van der Waals surface area contributed by atoms with Gasteiger partial charge in [-0.15, -0.1) is 0 Å². The zero-order valence-corrected chi connectivity index (χ0v) is 14.0. The van der Waals surface area contributed by atoms with E-state index in [0.29, 0.717) is 24.8 Å². The van der Waals surface area contributed by atoms with Gasteiger partial charge in [-0.1, -0.05) is 6.07 Å². The minimum atomic E-state index is -0.233. The summed E-state index contributed by atoms with van der Waals surface area (Å²) in [6.45, 7) is 2.74. The van der Waals surface area contributed by atoms with Crippen LogP contribution in [0.3, 0.4) is 0 Å². The summed E-state index contributed by atoms with van der Waals surface area (Å²) in [5.41, 5.74) is 1.48. The number of carbonyl (C=O) groups is 1. The second-order valence-corrected chi connectivity index (χ2v) is 6.58. The van der Waals surface area contributed by atoms with Crippen molar-refractivity contribution in [1.82, 2.24) is 9.88 Å². The number of anilines is 2. The molecule has 1 aliphatic heterocycles. The van der Waals surface area contributed by atoms with Crippen molar-refractivity contribution in [2.24, 2.45) is 0 Å². The Morgan fingerprint density at radius 2 is 1.76 bits per heavy atom. The lowest BCUT2D eigenvalue weighted by Crippen LogP contribution is -2.49. The molecule has 5 nitrogen and oxygen atoms in total. The third-order valence-electron chi connectivity index (χ3n) is 4.66. The highest BCUT2D eigenvalue weighted by atomic mass is 19.1. The van der Waals surface area contributed by atoms with E-state index in [0.717, 1.165) is 24.6 Å². The first-order valence-corrected chi connectivity index (χ1v) is 8.72. The van der Waals surface area contributed by atoms with Crippen molar-refractivity contribution in [2.75, 3.05) is 36.4 Å². The maximum Gasteiger partial charge on any atom is 0.272 e. The van der Waals surface area contributed by atoms with Gasteiger partial charge in [-0.05, 0) is 49.2 Å². The molecule has 1 amide bonds. The van der Waals surface area contributed by atoms with E-state index in [4.69, 9.17) is 0 Å². The third-order valence-corrected chi connectivity index (χ3v) is 4.66. The standard InChI is InChI=1S/C19H21FN4O/c20-14-4-8-16(9-5-14)23-10-12-24(13-11-23)19(25)17-2-1-3-18(22-17)21-15-6-7-15/h1-5,8-9,15H,6-7,10-13H2,(H,21,22). The zero-order chi connectivity index (χ0) is 17.2. The van der Waals surface area contributed by atoms with E-state index in [-0.39, 0.29) is 11.7 Å². The second kappa shape index (κ2) is 6.70. The number of nitrogens with zero attached hydrogens (tertiary/aromatic N) is 3. The van der Waals surface area contributed by atoms with Crippen molar-refractivity contribution in [3.05, 3.63) is 54.0 Å². The number of hydrogen-bond acceptors (Lipinski definition) is 4. The predicted molar refractivity (Wildman–Crippen MR) is 95.4 cm³/mol. The molecule has 25 heavy (non-hydrogen) atoms. The number of benzene rings is 1. The number of hydrogen-bond donors (Lipinski definition) is 1. The summed E-state index contributed by atoms with van der Waals surface area (Å²) in [6, 6.07) is 12.6. The molecule has 4 rings (SSSR count). The van der Waals surface area contributed by atoms with Crippen molar-refractivity contribution in [3.63, 3.8) is 0 Å². The van der Waals surface area contributed by atoms with Crippen LogP contribution in [0.25, 0.3) is 0 Å². The molecule has 130 valence electrons.